The molecule has 1 aromatic rings. The van der Waals surface area contributed by atoms with Crippen molar-refractivity contribution in [2.45, 2.75) is 44.6 Å². The Hall–Kier alpha value is -1.31. The Balaban J connectivity index is 1.99. The number of carbonyl (C=O) groups excluding carboxylic acids is 1. The van der Waals surface area contributed by atoms with Crippen molar-refractivity contribution in [2.24, 2.45) is 11.8 Å². The molecule has 4 atom stereocenters. The Morgan fingerprint density at radius 2 is 1.94 bits per heavy atom. The highest BCUT2D eigenvalue weighted by Gasteiger charge is 2.55. The molecule has 2 fully saturated rings. The van der Waals surface area contributed by atoms with Crippen LogP contribution in [0.5, 0.6) is 0 Å². The van der Waals surface area contributed by atoms with E-state index in [1.165, 1.54) is 6.42 Å². The first-order chi connectivity index (χ1) is 8.62. The van der Waals surface area contributed by atoms with E-state index in [2.05, 4.69) is 26.0 Å². The van der Waals surface area contributed by atoms with Gasteiger partial charge in [0, 0.05) is 5.92 Å². The summed E-state index contributed by atoms with van der Waals surface area (Å²) < 4.78 is 5.67. The average Bonchev–Trinajstić information content (AvgIpc) is 2.63. The summed E-state index contributed by atoms with van der Waals surface area (Å²) in [6.45, 7) is 4.31. The number of esters is 1. The van der Waals surface area contributed by atoms with Crippen molar-refractivity contribution in [2.75, 3.05) is 0 Å². The van der Waals surface area contributed by atoms with Crippen molar-refractivity contribution >= 4 is 5.97 Å². The molecular weight excluding hydrogens is 224 g/mol. The van der Waals surface area contributed by atoms with Crippen molar-refractivity contribution < 1.29 is 9.53 Å². The van der Waals surface area contributed by atoms with Crippen LogP contribution in [0, 0.1) is 11.8 Å². The third-order valence-electron chi connectivity index (χ3n) is 4.85. The van der Waals surface area contributed by atoms with Crippen LogP contribution in [-0.2, 0) is 14.9 Å². The number of fused-ring (bicyclic) bond motifs is 1. The Bertz CT molecular complexity index is 453. The highest BCUT2D eigenvalue weighted by Crippen LogP contribution is 2.49. The summed E-state index contributed by atoms with van der Waals surface area (Å²) in [5.74, 6) is 0.999. The quantitative estimate of drug-likeness (QED) is 0.708. The smallest absolute Gasteiger partial charge is 0.316 e. The topological polar surface area (TPSA) is 26.3 Å². The maximum atomic E-state index is 12.3. The summed E-state index contributed by atoms with van der Waals surface area (Å²) >= 11 is 0. The molecule has 3 unspecified atom stereocenters. The number of rotatable bonds is 1. The van der Waals surface area contributed by atoms with Gasteiger partial charge >= 0.3 is 5.97 Å². The molecule has 0 aromatic heterocycles. The van der Waals surface area contributed by atoms with Gasteiger partial charge in [-0.1, -0.05) is 43.7 Å². The van der Waals surface area contributed by atoms with Crippen LogP contribution in [-0.4, -0.2) is 12.1 Å². The van der Waals surface area contributed by atoms with Gasteiger partial charge in [0.05, 0.1) is 5.41 Å². The van der Waals surface area contributed by atoms with E-state index in [0.717, 1.165) is 18.4 Å². The number of hydrogen-bond donors (Lipinski definition) is 0. The van der Waals surface area contributed by atoms with E-state index in [-0.39, 0.29) is 12.1 Å². The van der Waals surface area contributed by atoms with Crippen LogP contribution in [0.15, 0.2) is 30.3 Å². The largest absolute Gasteiger partial charge is 0.461 e. The molecule has 1 aliphatic heterocycles. The van der Waals surface area contributed by atoms with Gasteiger partial charge in [-0.2, -0.15) is 0 Å². The minimum atomic E-state index is -0.438. The molecule has 1 saturated carbocycles. The fraction of sp³-hybridized carbons (Fsp3) is 0.562. The van der Waals surface area contributed by atoms with Gasteiger partial charge in [0.2, 0.25) is 0 Å². The summed E-state index contributed by atoms with van der Waals surface area (Å²) in [6, 6.07) is 10.1. The van der Waals surface area contributed by atoms with Gasteiger partial charge < -0.3 is 4.74 Å². The Labute approximate surface area is 108 Å². The number of carbonyl (C=O) groups is 1. The zero-order valence-corrected chi connectivity index (χ0v) is 11.1. The molecule has 0 bridgehead atoms. The summed E-state index contributed by atoms with van der Waals surface area (Å²) in [5.41, 5.74) is 0.670. The van der Waals surface area contributed by atoms with Gasteiger partial charge in [-0.25, -0.2) is 0 Å². The van der Waals surface area contributed by atoms with Crippen molar-refractivity contribution in [3.05, 3.63) is 35.9 Å². The molecule has 0 spiro atoms. The molecule has 1 heterocycles. The standard InChI is InChI=1S/C16H20O2/c1-11-8-9-13-14(10-11)18-15(17)16(13,2)12-6-4-3-5-7-12/h3-7,11,13-14H,8-10H2,1-2H3/t11-,13?,14?,16?/m1/s1. The number of ether oxygens (including phenoxy) is 1. The Morgan fingerprint density at radius 3 is 2.67 bits per heavy atom. The van der Waals surface area contributed by atoms with Crippen LogP contribution in [0.3, 0.4) is 0 Å². The SMILES string of the molecule is C[C@@H]1CCC2C(C1)OC(=O)C2(C)c1ccccc1. The molecule has 2 aliphatic rings. The Kier molecular flexibility index (Phi) is 2.69. The van der Waals surface area contributed by atoms with Crippen LogP contribution in [0.2, 0.25) is 0 Å². The molecule has 2 heteroatoms. The van der Waals surface area contributed by atoms with Gasteiger partial charge in [0.15, 0.2) is 0 Å². The van der Waals surface area contributed by atoms with Gasteiger partial charge in [-0.05, 0) is 31.2 Å². The maximum Gasteiger partial charge on any atom is 0.316 e. The van der Waals surface area contributed by atoms with E-state index in [0.29, 0.717) is 11.8 Å². The lowest BCUT2D eigenvalue weighted by Gasteiger charge is -2.34. The molecule has 0 amide bonds. The molecule has 1 aliphatic carbocycles. The van der Waals surface area contributed by atoms with E-state index in [4.69, 9.17) is 4.74 Å². The lowest BCUT2D eigenvalue weighted by Crippen LogP contribution is -2.38. The molecule has 0 N–H and O–H groups in total. The van der Waals surface area contributed by atoms with Gasteiger partial charge in [-0.15, -0.1) is 0 Å². The Morgan fingerprint density at radius 1 is 1.22 bits per heavy atom. The van der Waals surface area contributed by atoms with Crippen LogP contribution < -0.4 is 0 Å². The van der Waals surface area contributed by atoms with Gasteiger partial charge in [0.25, 0.3) is 0 Å². The van der Waals surface area contributed by atoms with E-state index in [1.54, 1.807) is 0 Å². The van der Waals surface area contributed by atoms with E-state index < -0.39 is 5.41 Å². The summed E-state index contributed by atoms with van der Waals surface area (Å²) in [6.07, 6.45) is 3.47. The van der Waals surface area contributed by atoms with E-state index in [9.17, 15) is 4.79 Å². The van der Waals surface area contributed by atoms with E-state index in [1.807, 2.05) is 18.2 Å². The maximum absolute atomic E-state index is 12.3. The summed E-state index contributed by atoms with van der Waals surface area (Å²) in [5, 5.41) is 0. The lowest BCUT2D eigenvalue weighted by molar-refractivity contribution is -0.145. The van der Waals surface area contributed by atoms with Crippen molar-refractivity contribution in [3.8, 4) is 0 Å². The molecule has 3 rings (SSSR count). The van der Waals surface area contributed by atoms with Crippen LogP contribution in [0.1, 0.15) is 38.7 Å². The second-order valence-corrected chi connectivity index (χ2v) is 6.04. The third-order valence-corrected chi connectivity index (χ3v) is 4.85. The predicted molar refractivity (Wildman–Crippen MR) is 70.2 cm³/mol. The molecule has 0 radical (unpaired) electrons. The minimum Gasteiger partial charge on any atom is -0.461 e. The van der Waals surface area contributed by atoms with Crippen LogP contribution >= 0.6 is 0 Å². The lowest BCUT2D eigenvalue weighted by atomic mass is 9.65. The highest BCUT2D eigenvalue weighted by molar-refractivity contribution is 5.85. The van der Waals surface area contributed by atoms with Crippen molar-refractivity contribution in [3.63, 3.8) is 0 Å². The van der Waals surface area contributed by atoms with Crippen molar-refractivity contribution in [1.82, 2.24) is 0 Å². The third kappa shape index (κ3) is 1.58. The number of benzene rings is 1. The highest BCUT2D eigenvalue weighted by atomic mass is 16.6. The van der Waals surface area contributed by atoms with Crippen LogP contribution in [0.4, 0.5) is 0 Å². The number of hydrogen-bond acceptors (Lipinski definition) is 2. The second kappa shape index (κ2) is 4.11. The molecule has 2 nitrogen and oxygen atoms in total. The first kappa shape index (κ1) is 11.8. The zero-order valence-electron chi connectivity index (χ0n) is 11.1. The molecule has 96 valence electrons. The molecule has 18 heavy (non-hydrogen) atoms. The summed E-state index contributed by atoms with van der Waals surface area (Å²) in [7, 11) is 0. The fourth-order valence-corrected chi connectivity index (χ4v) is 3.65. The summed E-state index contributed by atoms with van der Waals surface area (Å²) in [4.78, 5) is 12.3. The molecule has 1 saturated heterocycles. The monoisotopic (exact) mass is 244 g/mol. The van der Waals surface area contributed by atoms with Crippen LogP contribution in [0.25, 0.3) is 0 Å². The second-order valence-electron chi connectivity index (χ2n) is 6.04. The van der Waals surface area contributed by atoms with Crippen molar-refractivity contribution in [1.29, 1.82) is 0 Å². The normalized spacial score (nSPS) is 39.2. The fourth-order valence-electron chi connectivity index (χ4n) is 3.65. The minimum absolute atomic E-state index is 0.0298. The van der Waals surface area contributed by atoms with E-state index >= 15 is 0 Å². The van der Waals surface area contributed by atoms with Gasteiger partial charge in [-0.3, -0.25) is 4.79 Å². The first-order valence-electron chi connectivity index (χ1n) is 6.89. The zero-order chi connectivity index (χ0) is 12.8. The molecule has 1 aromatic carbocycles. The molecular formula is C16H20O2. The van der Waals surface area contributed by atoms with Gasteiger partial charge in [0.1, 0.15) is 6.10 Å². The predicted octanol–water partition coefficient (Wildman–Crippen LogP) is 3.31. The first-order valence-corrected chi connectivity index (χ1v) is 6.89. The average molecular weight is 244 g/mol.